The fourth-order valence-corrected chi connectivity index (χ4v) is 4.05. The molecule has 0 bridgehead atoms. The van der Waals surface area contributed by atoms with Gasteiger partial charge in [0.2, 0.25) is 0 Å². The van der Waals surface area contributed by atoms with Crippen molar-refractivity contribution in [2.75, 3.05) is 18.0 Å². The van der Waals surface area contributed by atoms with Crippen LogP contribution in [-0.4, -0.2) is 32.2 Å². The lowest BCUT2D eigenvalue weighted by Crippen LogP contribution is -2.37. The molecule has 27 heavy (non-hydrogen) atoms. The van der Waals surface area contributed by atoms with Gasteiger partial charge in [-0.05, 0) is 43.7 Å². The van der Waals surface area contributed by atoms with Gasteiger partial charge in [0.15, 0.2) is 0 Å². The van der Waals surface area contributed by atoms with Crippen molar-refractivity contribution in [3.05, 3.63) is 57.2 Å². The summed E-state index contributed by atoms with van der Waals surface area (Å²) in [5.41, 5.74) is 4.07. The molecule has 0 atom stereocenters. The van der Waals surface area contributed by atoms with Gasteiger partial charge in [-0.1, -0.05) is 15.9 Å². The normalized spacial score (nSPS) is 14.1. The van der Waals surface area contributed by atoms with E-state index in [1.807, 2.05) is 37.3 Å². The molecule has 136 valence electrons. The average Bonchev–Trinajstić information content (AvgIpc) is 2.85. The van der Waals surface area contributed by atoms with E-state index in [2.05, 4.69) is 25.8 Å². The van der Waals surface area contributed by atoms with Crippen LogP contribution in [0, 0.1) is 6.92 Å². The number of benzene rings is 1. The first-order valence-electron chi connectivity index (χ1n) is 8.93. The lowest BCUT2D eigenvalue weighted by molar-refractivity contribution is 0.609. The molecule has 0 amide bonds. The molecule has 0 unspecified atom stereocenters. The second-order valence-electron chi connectivity index (χ2n) is 6.95. The minimum absolute atomic E-state index is 0.0964. The quantitative estimate of drug-likeness (QED) is 0.494. The maximum absolute atomic E-state index is 13.1. The van der Waals surface area contributed by atoms with Crippen LogP contribution in [0.3, 0.4) is 0 Å². The first-order valence-corrected chi connectivity index (χ1v) is 9.72. The van der Waals surface area contributed by atoms with Gasteiger partial charge in [-0.2, -0.15) is 0 Å². The van der Waals surface area contributed by atoms with Crippen molar-refractivity contribution in [2.45, 2.75) is 13.3 Å². The standard InChI is InChI=1S/C20H18BrN5O/c1-12-16(6-7-18(23-12)25-8-3-9-25)26-19-14-10-13(21)4-5-15(14)22-11-17(19)24(2)20(26)27/h4-7,10-11H,3,8-9H2,1-2H3. The van der Waals surface area contributed by atoms with E-state index in [1.54, 1.807) is 22.4 Å². The van der Waals surface area contributed by atoms with E-state index in [1.165, 1.54) is 6.42 Å². The lowest BCUT2D eigenvalue weighted by Gasteiger charge is -2.32. The highest BCUT2D eigenvalue weighted by Crippen LogP contribution is 2.29. The van der Waals surface area contributed by atoms with Gasteiger partial charge in [0.1, 0.15) is 5.82 Å². The van der Waals surface area contributed by atoms with Gasteiger partial charge in [-0.25, -0.2) is 9.78 Å². The monoisotopic (exact) mass is 423 g/mol. The minimum Gasteiger partial charge on any atom is -0.356 e. The van der Waals surface area contributed by atoms with Crippen LogP contribution >= 0.6 is 15.9 Å². The zero-order valence-corrected chi connectivity index (χ0v) is 16.7. The molecule has 3 aromatic heterocycles. The number of fused-ring (bicyclic) bond motifs is 3. The number of anilines is 1. The molecule has 4 heterocycles. The molecule has 1 saturated heterocycles. The molecule has 1 aromatic carbocycles. The number of halogens is 1. The van der Waals surface area contributed by atoms with Gasteiger partial charge in [-0.3, -0.25) is 14.1 Å². The Bertz CT molecular complexity index is 1270. The van der Waals surface area contributed by atoms with E-state index < -0.39 is 0 Å². The van der Waals surface area contributed by atoms with E-state index in [9.17, 15) is 4.79 Å². The summed E-state index contributed by atoms with van der Waals surface area (Å²) < 4.78 is 4.36. The molecule has 1 fully saturated rings. The van der Waals surface area contributed by atoms with Gasteiger partial charge in [0, 0.05) is 30.0 Å². The highest BCUT2D eigenvalue weighted by atomic mass is 79.9. The molecule has 4 aromatic rings. The topological polar surface area (TPSA) is 56.0 Å². The maximum Gasteiger partial charge on any atom is 0.333 e. The van der Waals surface area contributed by atoms with Crippen LogP contribution < -0.4 is 10.6 Å². The zero-order valence-electron chi connectivity index (χ0n) is 15.1. The Balaban J connectivity index is 1.84. The lowest BCUT2D eigenvalue weighted by atomic mass is 10.2. The van der Waals surface area contributed by atoms with E-state index in [0.717, 1.165) is 56.7 Å². The molecular formula is C20H18BrN5O. The van der Waals surface area contributed by atoms with Gasteiger partial charge in [-0.15, -0.1) is 0 Å². The smallest absolute Gasteiger partial charge is 0.333 e. The number of aryl methyl sites for hydroxylation is 2. The van der Waals surface area contributed by atoms with E-state index >= 15 is 0 Å². The third-order valence-electron chi connectivity index (χ3n) is 5.31. The Labute approximate surface area is 164 Å². The fraction of sp³-hybridized carbons (Fsp3) is 0.250. The zero-order chi connectivity index (χ0) is 18.7. The minimum atomic E-state index is -0.0964. The third kappa shape index (κ3) is 2.41. The first kappa shape index (κ1) is 16.5. The molecule has 0 radical (unpaired) electrons. The maximum atomic E-state index is 13.1. The predicted molar refractivity (Wildman–Crippen MR) is 111 cm³/mol. The van der Waals surface area contributed by atoms with Crippen molar-refractivity contribution in [1.82, 2.24) is 19.1 Å². The van der Waals surface area contributed by atoms with Crippen LogP contribution in [0.2, 0.25) is 0 Å². The molecule has 6 nitrogen and oxygen atoms in total. The van der Waals surface area contributed by atoms with Gasteiger partial charge < -0.3 is 4.90 Å². The highest BCUT2D eigenvalue weighted by molar-refractivity contribution is 9.10. The predicted octanol–water partition coefficient (Wildman–Crippen LogP) is 3.55. The van der Waals surface area contributed by atoms with Gasteiger partial charge in [0.25, 0.3) is 0 Å². The summed E-state index contributed by atoms with van der Waals surface area (Å²) >= 11 is 3.54. The second-order valence-corrected chi connectivity index (χ2v) is 7.86. The second kappa shape index (κ2) is 5.92. The highest BCUT2D eigenvalue weighted by Gasteiger charge is 2.20. The SMILES string of the molecule is Cc1nc(N2CCC2)ccc1-n1c(=O)n(C)c2cnc3ccc(Br)cc3c21. The van der Waals surface area contributed by atoms with Crippen molar-refractivity contribution >= 4 is 43.7 Å². The first-order chi connectivity index (χ1) is 13.0. The molecule has 0 saturated carbocycles. The van der Waals surface area contributed by atoms with Crippen molar-refractivity contribution in [3.63, 3.8) is 0 Å². The molecule has 0 spiro atoms. The van der Waals surface area contributed by atoms with Crippen LogP contribution in [0.1, 0.15) is 12.1 Å². The number of rotatable bonds is 2. The van der Waals surface area contributed by atoms with Crippen molar-refractivity contribution in [2.24, 2.45) is 7.05 Å². The molecule has 7 heteroatoms. The van der Waals surface area contributed by atoms with E-state index in [-0.39, 0.29) is 5.69 Å². The molecule has 1 aliphatic heterocycles. The van der Waals surface area contributed by atoms with Gasteiger partial charge in [0.05, 0.1) is 34.1 Å². The van der Waals surface area contributed by atoms with Gasteiger partial charge >= 0.3 is 5.69 Å². The number of pyridine rings is 2. The van der Waals surface area contributed by atoms with Crippen LogP contribution in [0.5, 0.6) is 0 Å². The summed E-state index contributed by atoms with van der Waals surface area (Å²) in [5, 5.41) is 0.936. The van der Waals surface area contributed by atoms with Crippen LogP contribution in [-0.2, 0) is 7.05 Å². The van der Waals surface area contributed by atoms with E-state index in [4.69, 9.17) is 4.98 Å². The Hall–Kier alpha value is -2.67. The molecular weight excluding hydrogens is 406 g/mol. The Morgan fingerprint density at radius 2 is 1.96 bits per heavy atom. The Kier molecular flexibility index (Phi) is 3.62. The number of hydrogen-bond donors (Lipinski definition) is 0. The van der Waals surface area contributed by atoms with Crippen LogP contribution in [0.4, 0.5) is 5.82 Å². The molecule has 1 aliphatic rings. The summed E-state index contributed by atoms with van der Waals surface area (Å²) in [6.07, 6.45) is 2.97. The number of hydrogen-bond acceptors (Lipinski definition) is 4. The summed E-state index contributed by atoms with van der Waals surface area (Å²) in [7, 11) is 1.78. The van der Waals surface area contributed by atoms with Crippen LogP contribution in [0.15, 0.2) is 45.8 Å². The van der Waals surface area contributed by atoms with E-state index in [0.29, 0.717) is 0 Å². The average molecular weight is 424 g/mol. The van der Waals surface area contributed by atoms with Crippen molar-refractivity contribution in [1.29, 1.82) is 0 Å². The summed E-state index contributed by atoms with van der Waals surface area (Å²) in [5.74, 6) is 0.977. The molecule has 0 aliphatic carbocycles. The fourth-order valence-electron chi connectivity index (χ4n) is 3.69. The molecule has 5 rings (SSSR count). The summed E-state index contributed by atoms with van der Waals surface area (Å²) in [4.78, 5) is 24.6. The number of nitrogens with zero attached hydrogens (tertiary/aromatic N) is 5. The van der Waals surface area contributed by atoms with Crippen molar-refractivity contribution in [3.8, 4) is 5.69 Å². The third-order valence-corrected chi connectivity index (χ3v) is 5.80. The summed E-state index contributed by atoms with van der Waals surface area (Å²) in [6, 6.07) is 9.94. The summed E-state index contributed by atoms with van der Waals surface area (Å²) in [6.45, 7) is 4.05. The van der Waals surface area contributed by atoms with Crippen molar-refractivity contribution < 1.29 is 0 Å². The largest absolute Gasteiger partial charge is 0.356 e. The number of aromatic nitrogens is 4. The Morgan fingerprint density at radius 1 is 1.15 bits per heavy atom. The number of imidazole rings is 1. The van der Waals surface area contributed by atoms with Crippen LogP contribution in [0.25, 0.3) is 27.6 Å². The molecule has 0 N–H and O–H groups in total. The Morgan fingerprint density at radius 3 is 2.67 bits per heavy atom.